The number of carbonyl (C=O) groups is 1. The van der Waals surface area contributed by atoms with Crippen LogP contribution in [0.25, 0.3) is 0 Å². The highest BCUT2D eigenvalue weighted by Crippen LogP contribution is 2.62. The number of ether oxygens (including phenoxy) is 3. The fourth-order valence-corrected chi connectivity index (χ4v) is 5.30. The Labute approximate surface area is 161 Å². The molecule has 0 fully saturated rings. The van der Waals surface area contributed by atoms with Crippen LogP contribution in [0.2, 0.25) is 0 Å². The van der Waals surface area contributed by atoms with Crippen molar-refractivity contribution in [2.24, 2.45) is 0 Å². The first-order valence-electron chi connectivity index (χ1n) is 8.55. The molecule has 0 unspecified atom stereocenters. The molecule has 0 bridgehead atoms. The summed E-state index contributed by atoms with van der Waals surface area (Å²) in [6, 6.07) is 19.3. The van der Waals surface area contributed by atoms with Crippen molar-refractivity contribution in [1.82, 2.24) is 0 Å². The maximum Gasteiger partial charge on any atom is 0.221 e. The molecule has 2 aliphatic rings. The van der Waals surface area contributed by atoms with Gasteiger partial charge in [0.2, 0.25) is 5.12 Å². The summed E-state index contributed by atoms with van der Waals surface area (Å²) in [6.07, 6.45) is 0. The lowest BCUT2D eigenvalue weighted by Crippen LogP contribution is -2.27. The van der Waals surface area contributed by atoms with Gasteiger partial charge in [0.25, 0.3) is 0 Å². The van der Waals surface area contributed by atoms with Crippen molar-refractivity contribution in [3.05, 3.63) is 82.9 Å². The van der Waals surface area contributed by atoms with Crippen LogP contribution in [0.4, 0.5) is 0 Å². The van der Waals surface area contributed by atoms with Crippen molar-refractivity contribution in [1.29, 1.82) is 0 Å². The average molecular weight is 376 g/mol. The first-order chi connectivity index (χ1) is 13.2. The van der Waals surface area contributed by atoms with Gasteiger partial charge in [0, 0.05) is 28.8 Å². The van der Waals surface area contributed by atoms with Crippen molar-refractivity contribution >= 4 is 16.9 Å². The summed E-state index contributed by atoms with van der Waals surface area (Å²) >= 11 is 1.33. The van der Waals surface area contributed by atoms with E-state index in [-0.39, 0.29) is 5.12 Å². The molecule has 0 radical (unpaired) electrons. The van der Waals surface area contributed by atoms with Gasteiger partial charge in [-0.25, -0.2) is 0 Å². The summed E-state index contributed by atoms with van der Waals surface area (Å²) < 4.78 is 16.3. The summed E-state index contributed by atoms with van der Waals surface area (Å²) in [5.74, 6) is 2.79. The lowest BCUT2D eigenvalue weighted by molar-refractivity contribution is 0.109. The second kappa shape index (κ2) is 5.79. The third kappa shape index (κ3) is 2.15. The van der Waals surface area contributed by atoms with Crippen LogP contribution in [0, 0.1) is 0 Å². The number of benzene rings is 3. The Morgan fingerprint density at radius 2 is 1.41 bits per heavy atom. The molecule has 0 N–H and O–H groups in total. The van der Waals surface area contributed by atoms with Gasteiger partial charge in [0.15, 0.2) is 0 Å². The van der Waals surface area contributed by atoms with Gasteiger partial charge in [-0.15, -0.1) is 0 Å². The molecule has 2 heterocycles. The van der Waals surface area contributed by atoms with Gasteiger partial charge in [-0.3, -0.25) is 4.79 Å². The maximum atomic E-state index is 12.9. The van der Waals surface area contributed by atoms with Gasteiger partial charge in [0.1, 0.15) is 27.7 Å². The molecule has 3 aromatic rings. The monoisotopic (exact) mass is 376 g/mol. The molecular weight excluding hydrogens is 360 g/mol. The highest BCUT2D eigenvalue weighted by Gasteiger charge is 2.52. The standard InChI is InChI=1S/C22H16O4S/c1-24-13-7-9-17-19(11-13)26-20-12-14(25-2)8-10-18(20)22(17)16-6-4-3-5-15(16)21(23)27-22/h3-12H,1-2H3. The van der Waals surface area contributed by atoms with E-state index < -0.39 is 4.75 Å². The summed E-state index contributed by atoms with van der Waals surface area (Å²) in [6.45, 7) is 0. The summed E-state index contributed by atoms with van der Waals surface area (Å²) in [5, 5.41) is 0.0658. The molecule has 0 aliphatic carbocycles. The minimum Gasteiger partial charge on any atom is -0.497 e. The molecular formula is C22H16O4S. The van der Waals surface area contributed by atoms with Gasteiger partial charge in [-0.2, -0.15) is 0 Å². The minimum atomic E-state index is -0.644. The Bertz CT molecular complexity index is 1040. The van der Waals surface area contributed by atoms with E-state index >= 15 is 0 Å². The Morgan fingerprint density at radius 3 is 2.00 bits per heavy atom. The van der Waals surface area contributed by atoms with Gasteiger partial charge in [-0.05, 0) is 29.8 Å². The average Bonchev–Trinajstić information content (AvgIpc) is 3.01. The second-order valence-corrected chi connectivity index (χ2v) is 7.63. The number of carbonyl (C=O) groups excluding carboxylic acids is 1. The lowest BCUT2D eigenvalue weighted by Gasteiger charge is -2.37. The topological polar surface area (TPSA) is 44.8 Å². The van der Waals surface area contributed by atoms with Gasteiger partial charge in [-0.1, -0.05) is 36.0 Å². The summed E-state index contributed by atoms with van der Waals surface area (Å²) in [5.41, 5.74) is 3.63. The smallest absolute Gasteiger partial charge is 0.221 e. The highest BCUT2D eigenvalue weighted by atomic mass is 32.2. The minimum absolute atomic E-state index is 0.0658. The highest BCUT2D eigenvalue weighted by molar-refractivity contribution is 8.15. The molecule has 2 aliphatic heterocycles. The molecule has 3 aromatic carbocycles. The number of hydrogen-bond donors (Lipinski definition) is 0. The predicted octanol–water partition coefficient (Wildman–Crippen LogP) is 4.99. The molecule has 0 atom stereocenters. The number of rotatable bonds is 2. The Kier molecular flexibility index (Phi) is 3.49. The van der Waals surface area contributed by atoms with Crippen LogP contribution >= 0.6 is 11.8 Å². The van der Waals surface area contributed by atoms with Gasteiger partial charge >= 0.3 is 0 Å². The van der Waals surface area contributed by atoms with E-state index in [0.29, 0.717) is 23.0 Å². The molecule has 27 heavy (non-hydrogen) atoms. The number of fused-ring (bicyclic) bond motifs is 6. The van der Waals surface area contributed by atoms with Crippen molar-refractivity contribution in [3.63, 3.8) is 0 Å². The molecule has 5 heteroatoms. The van der Waals surface area contributed by atoms with E-state index in [4.69, 9.17) is 14.2 Å². The number of thioether (sulfide) groups is 1. The number of hydrogen-bond acceptors (Lipinski definition) is 5. The quantitative estimate of drug-likeness (QED) is 0.631. The van der Waals surface area contributed by atoms with Crippen LogP contribution < -0.4 is 14.2 Å². The molecule has 0 saturated carbocycles. The van der Waals surface area contributed by atoms with E-state index in [1.807, 2.05) is 60.7 Å². The van der Waals surface area contributed by atoms with Gasteiger partial charge < -0.3 is 14.2 Å². The molecule has 5 rings (SSSR count). The van der Waals surface area contributed by atoms with Crippen LogP contribution in [-0.2, 0) is 4.75 Å². The molecule has 4 nitrogen and oxygen atoms in total. The molecule has 0 aromatic heterocycles. The fraction of sp³-hybridized carbons (Fsp3) is 0.136. The Balaban J connectivity index is 1.86. The van der Waals surface area contributed by atoms with Crippen LogP contribution in [0.3, 0.4) is 0 Å². The normalized spacial score (nSPS) is 15.6. The van der Waals surface area contributed by atoms with E-state index in [1.165, 1.54) is 11.8 Å². The van der Waals surface area contributed by atoms with E-state index in [2.05, 4.69) is 0 Å². The van der Waals surface area contributed by atoms with Crippen molar-refractivity contribution in [3.8, 4) is 23.0 Å². The van der Waals surface area contributed by atoms with Crippen molar-refractivity contribution in [2.45, 2.75) is 4.75 Å². The zero-order chi connectivity index (χ0) is 18.6. The number of methoxy groups -OCH3 is 2. The molecule has 0 amide bonds. The van der Waals surface area contributed by atoms with Crippen molar-refractivity contribution < 1.29 is 19.0 Å². The predicted molar refractivity (Wildman–Crippen MR) is 104 cm³/mol. The molecule has 0 saturated heterocycles. The summed E-state index contributed by atoms with van der Waals surface area (Å²) in [4.78, 5) is 12.9. The van der Waals surface area contributed by atoms with Crippen LogP contribution in [0.1, 0.15) is 27.0 Å². The maximum absolute atomic E-state index is 12.9. The summed E-state index contributed by atoms with van der Waals surface area (Å²) in [7, 11) is 3.25. The Morgan fingerprint density at radius 1 is 0.815 bits per heavy atom. The van der Waals surface area contributed by atoms with Crippen LogP contribution in [0.5, 0.6) is 23.0 Å². The SMILES string of the molecule is COc1ccc2c(c1)Oc1cc(OC)ccc1C21SC(=O)c2ccccc21. The zero-order valence-corrected chi connectivity index (χ0v) is 15.6. The fourth-order valence-electron chi connectivity index (χ4n) is 3.89. The van der Waals surface area contributed by atoms with Crippen LogP contribution in [-0.4, -0.2) is 19.3 Å². The largest absolute Gasteiger partial charge is 0.497 e. The van der Waals surface area contributed by atoms with E-state index in [1.54, 1.807) is 14.2 Å². The zero-order valence-electron chi connectivity index (χ0n) is 14.8. The third-order valence-electron chi connectivity index (χ3n) is 5.13. The lowest BCUT2D eigenvalue weighted by atomic mass is 9.80. The first kappa shape index (κ1) is 16.3. The van der Waals surface area contributed by atoms with E-state index in [9.17, 15) is 4.79 Å². The van der Waals surface area contributed by atoms with Crippen LogP contribution in [0.15, 0.2) is 60.7 Å². The molecule has 134 valence electrons. The van der Waals surface area contributed by atoms with Crippen molar-refractivity contribution in [2.75, 3.05) is 14.2 Å². The first-order valence-corrected chi connectivity index (χ1v) is 9.37. The Hall–Kier alpha value is -2.92. The molecule has 1 spiro atoms. The van der Waals surface area contributed by atoms with Gasteiger partial charge in [0.05, 0.1) is 14.2 Å². The second-order valence-electron chi connectivity index (χ2n) is 6.44. The third-order valence-corrected chi connectivity index (χ3v) is 6.50. The van der Waals surface area contributed by atoms with E-state index in [0.717, 1.165) is 22.3 Å².